The maximum absolute atomic E-state index is 12.8. The summed E-state index contributed by atoms with van der Waals surface area (Å²) in [6.45, 7) is 4.98. The Balaban J connectivity index is 1.60. The Labute approximate surface area is 209 Å². The maximum Gasteiger partial charge on any atom is 0.337 e. The molecule has 1 heterocycles. The smallest absolute Gasteiger partial charge is 0.337 e. The summed E-state index contributed by atoms with van der Waals surface area (Å²) < 4.78 is 17.1. The SMILES string of the molecule is CCOc1ccccc1C(=O)NCC(=O)OCC(=O)c1cc(C)n(-c2ccc(C(=O)OC)cc2)c1C. The summed E-state index contributed by atoms with van der Waals surface area (Å²) in [6, 6.07) is 15.2. The molecule has 1 amide bonds. The van der Waals surface area contributed by atoms with Gasteiger partial charge in [-0.1, -0.05) is 12.1 Å². The summed E-state index contributed by atoms with van der Waals surface area (Å²) in [6.07, 6.45) is 0. The topological polar surface area (TPSA) is 113 Å². The van der Waals surface area contributed by atoms with Gasteiger partial charge in [-0.3, -0.25) is 14.4 Å². The van der Waals surface area contributed by atoms with Crippen LogP contribution >= 0.6 is 0 Å². The third-order valence-electron chi connectivity index (χ3n) is 5.47. The standard InChI is InChI=1S/C27H28N2O7/c1-5-35-24-9-7-6-8-21(24)26(32)28-15-25(31)36-16-23(30)22-14-17(2)29(18(22)3)20-12-10-19(11-13-20)27(33)34-4/h6-14H,5,15-16H2,1-4H3,(H,28,32). The molecule has 3 rings (SSSR count). The average molecular weight is 493 g/mol. The molecule has 0 bridgehead atoms. The van der Waals surface area contributed by atoms with Crippen LogP contribution in [0.15, 0.2) is 54.6 Å². The van der Waals surface area contributed by atoms with Crippen LogP contribution in [0.2, 0.25) is 0 Å². The quantitative estimate of drug-likeness (QED) is 0.341. The number of para-hydroxylation sites is 1. The van der Waals surface area contributed by atoms with Crippen molar-refractivity contribution in [2.45, 2.75) is 20.8 Å². The lowest BCUT2D eigenvalue weighted by Gasteiger charge is -2.11. The van der Waals surface area contributed by atoms with Crippen LogP contribution in [-0.4, -0.2) is 55.1 Å². The van der Waals surface area contributed by atoms with Crippen molar-refractivity contribution in [2.24, 2.45) is 0 Å². The molecule has 0 spiro atoms. The highest BCUT2D eigenvalue weighted by Gasteiger charge is 2.19. The van der Waals surface area contributed by atoms with Gasteiger partial charge in [0.2, 0.25) is 5.78 Å². The molecule has 0 aliphatic heterocycles. The monoisotopic (exact) mass is 492 g/mol. The lowest BCUT2D eigenvalue weighted by Crippen LogP contribution is -2.31. The van der Waals surface area contributed by atoms with E-state index < -0.39 is 31.0 Å². The number of nitrogens with zero attached hydrogens (tertiary/aromatic N) is 1. The third kappa shape index (κ3) is 5.99. The van der Waals surface area contributed by atoms with E-state index in [0.29, 0.717) is 34.7 Å². The van der Waals surface area contributed by atoms with E-state index in [-0.39, 0.29) is 5.78 Å². The largest absolute Gasteiger partial charge is 0.493 e. The van der Waals surface area contributed by atoms with Gasteiger partial charge in [-0.15, -0.1) is 0 Å². The molecule has 0 saturated carbocycles. The molecule has 0 fully saturated rings. The molecule has 0 aliphatic rings. The molecule has 1 N–H and O–H groups in total. The van der Waals surface area contributed by atoms with Gasteiger partial charge in [0, 0.05) is 22.6 Å². The summed E-state index contributed by atoms with van der Waals surface area (Å²) in [7, 11) is 1.32. The lowest BCUT2D eigenvalue weighted by molar-refractivity contribution is -0.141. The maximum atomic E-state index is 12.8. The van der Waals surface area contributed by atoms with E-state index in [1.54, 1.807) is 68.4 Å². The number of nitrogens with one attached hydrogen (secondary N) is 1. The molecular weight excluding hydrogens is 464 g/mol. The second kappa shape index (κ2) is 11.8. The van der Waals surface area contributed by atoms with Crippen molar-refractivity contribution in [3.05, 3.63) is 82.7 Å². The molecule has 188 valence electrons. The molecule has 36 heavy (non-hydrogen) atoms. The highest BCUT2D eigenvalue weighted by Crippen LogP contribution is 2.22. The molecule has 0 radical (unpaired) electrons. The number of benzene rings is 2. The van der Waals surface area contributed by atoms with Crippen LogP contribution in [-0.2, 0) is 14.3 Å². The first-order valence-corrected chi connectivity index (χ1v) is 11.3. The fraction of sp³-hybridized carbons (Fsp3) is 0.259. The average Bonchev–Trinajstić information content (AvgIpc) is 3.19. The summed E-state index contributed by atoms with van der Waals surface area (Å²) in [5.74, 6) is -1.62. The Morgan fingerprint density at radius 1 is 0.944 bits per heavy atom. The van der Waals surface area contributed by atoms with Crippen LogP contribution in [0.25, 0.3) is 5.69 Å². The number of ketones is 1. The van der Waals surface area contributed by atoms with E-state index in [0.717, 1.165) is 11.4 Å². The Bertz CT molecular complexity index is 1280. The highest BCUT2D eigenvalue weighted by molar-refractivity contribution is 6.00. The Morgan fingerprint density at radius 3 is 2.31 bits per heavy atom. The first kappa shape index (κ1) is 26.2. The number of methoxy groups -OCH3 is 1. The van der Waals surface area contributed by atoms with Crippen LogP contribution in [0.4, 0.5) is 0 Å². The molecule has 0 unspecified atom stereocenters. The fourth-order valence-corrected chi connectivity index (χ4v) is 3.76. The summed E-state index contributed by atoms with van der Waals surface area (Å²) in [4.78, 5) is 49.0. The van der Waals surface area contributed by atoms with Gasteiger partial charge in [0.25, 0.3) is 5.91 Å². The Hall–Kier alpha value is -4.40. The molecule has 9 heteroatoms. The fourth-order valence-electron chi connectivity index (χ4n) is 3.76. The molecule has 0 atom stereocenters. The van der Waals surface area contributed by atoms with E-state index in [2.05, 4.69) is 5.32 Å². The molecule has 1 aromatic heterocycles. The van der Waals surface area contributed by atoms with E-state index in [1.165, 1.54) is 7.11 Å². The summed E-state index contributed by atoms with van der Waals surface area (Å²) in [5, 5.41) is 2.48. The number of carbonyl (C=O) groups is 4. The minimum absolute atomic E-state index is 0.301. The molecule has 2 aromatic carbocycles. The van der Waals surface area contributed by atoms with Crippen molar-refractivity contribution >= 4 is 23.6 Å². The van der Waals surface area contributed by atoms with Crippen LogP contribution in [0, 0.1) is 13.8 Å². The van der Waals surface area contributed by atoms with E-state index in [9.17, 15) is 19.2 Å². The highest BCUT2D eigenvalue weighted by atomic mass is 16.5. The number of Topliss-reactive ketones (excluding diaryl/α,β-unsaturated/α-hetero) is 1. The van der Waals surface area contributed by atoms with Crippen LogP contribution in [0.5, 0.6) is 5.75 Å². The van der Waals surface area contributed by atoms with Crippen molar-refractivity contribution in [3.63, 3.8) is 0 Å². The van der Waals surface area contributed by atoms with Crippen LogP contribution in [0.1, 0.15) is 49.4 Å². The van der Waals surface area contributed by atoms with Crippen LogP contribution in [0.3, 0.4) is 0 Å². The number of aryl methyl sites for hydroxylation is 1. The van der Waals surface area contributed by atoms with Gasteiger partial charge in [0.1, 0.15) is 12.3 Å². The van der Waals surface area contributed by atoms with Crippen molar-refractivity contribution in [1.82, 2.24) is 9.88 Å². The minimum atomic E-state index is -0.738. The van der Waals surface area contributed by atoms with Gasteiger partial charge in [-0.25, -0.2) is 4.79 Å². The molecule has 3 aromatic rings. The number of rotatable bonds is 10. The number of aromatic nitrogens is 1. The second-order valence-electron chi connectivity index (χ2n) is 7.85. The third-order valence-corrected chi connectivity index (χ3v) is 5.47. The zero-order valence-corrected chi connectivity index (χ0v) is 20.6. The van der Waals surface area contributed by atoms with Gasteiger partial charge in [-0.05, 0) is 63.2 Å². The molecular formula is C27H28N2O7. The Kier molecular flexibility index (Phi) is 8.61. The van der Waals surface area contributed by atoms with E-state index in [4.69, 9.17) is 14.2 Å². The van der Waals surface area contributed by atoms with Crippen molar-refractivity contribution < 1.29 is 33.4 Å². The van der Waals surface area contributed by atoms with E-state index >= 15 is 0 Å². The zero-order chi connectivity index (χ0) is 26.2. The van der Waals surface area contributed by atoms with Crippen molar-refractivity contribution in [2.75, 3.05) is 26.9 Å². The first-order chi connectivity index (χ1) is 17.3. The first-order valence-electron chi connectivity index (χ1n) is 11.3. The second-order valence-corrected chi connectivity index (χ2v) is 7.85. The summed E-state index contributed by atoms with van der Waals surface area (Å²) >= 11 is 0. The number of esters is 2. The lowest BCUT2D eigenvalue weighted by atomic mass is 10.1. The number of hydrogen-bond donors (Lipinski definition) is 1. The predicted octanol–water partition coefficient (Wildman–Crippen LogP) is 3.44. The van der Waals surface area contributed by atoms with Gasteiger partial charge < -0.3 is 24.1 Å². The number of amides is 1. The number of ether oxygens (including phenoxy) is 3. The number of carbonyl (C=O) groups excluding carboxylic acids is 4. The molecule has 9 nitrogen and oxygen atoms in total. The summed E-state index contributed by atoms with van der Waals surface area (Å²) in [5.41, 5.74) is 3.36. The normalized spacial score (nSPS) is 10.4. The van der Waals surface area contributed by atoms with Gasteiger partial charge in [-0.2, -0.15) is 0 Å². The van der Waals surface area contributed by atoms with Crippen molar-refractivity contribution in [3.8, 4) is 11.4 Å². The van der Waals surface area contributed by atoms with Crippen LogP contribution < -0.4 is 10.1 Å². The molecule has 0 saturated heterocycles. The zero-order valence-electron chi connectivity index (χ0n) is 20.6. The minimum Gasteiger partial charge on any atom is -0.493 e. The number of hydrogen-bond acceptors (Lipinski definition) is 7. The van der Waals surface area contributed by atoms with Gasteiger partial charge in [0.05, 0.1) is 24.8 Å². The van der Waals surface area contributed by atoms with Crippen molar-refractivity contribution in [1.29, 1.82) is 0 Å². The van der Waals surface area contributed by atoms with Gasteiger partial charge in [0.15, 0.2) is 6.61 Å². The molecule has 0 aliphatic carbocycles. The van der Waals surface area contributed by atoms with E-state index in [1.807, 2.05) is 11.5 Å². The Morgan fingerprint density at radius 2 is 1.64 bits per heavy atom. The van der Waals surface area contributed by atoms with Gasteiger partial charge >= 0.3 is 11.9 Å². The predicted molar refractivity (Wildman–Crippen MR) is 132 cm³/mol.